The third-order valence-corrected chi connectivity index (χ3v) is 5.23. The Balaban J connectivity index is 1.48. The number of carbonyl (C=O) groups excluding carboxylic acids is 1. The second-order valence-electron chi connectivity index (χ2n) is 7.05. The molecule has 1 aliphatic carbocycles. The van der Waals surface area contributed by atoms with Crippen LogP contribution in [0.4, 0.5) is 4.79 Å². The molecule has 0 spiro atoms. The fourth-order valence-corrected chi connectivity index (χ4v) is 3.89. The molecule has 1 atom stereocenters. The van der Waals surface area contributed by atoms with Crippen LogP contribution in [0.1, 0.15) is 35.2 Å². The van der Waals surface area contributed by atoms with Gasteiger partial charge in [0.2, 0.25) is 0 Å². The highest BCUT2D eigenvalue weighted by molar-refractivity contribution is 5.79. The van der Waals surface area contributed by atoms with Crippen LogP contribution in [0, 0.1) is 0 Å². The number of nitrogens with zero attached hydrogens (tertiary/aromatic N) is 2. The maximum Gasteiger partial charge on any atom is 0.407 e. The number of carboxylic acids is 1. The molecule has 29 heavy (non-hydrogen) atoms. The monoisotopic (exact) mass is 391 g/mol. The van der Waals surface area contributed by atoms with Crippen molar-refractivity contribution in [2.45, 2.75) is 18.4 Å². The van der Waals surface area contributed by atoms with Crippen LogP contribution in [-0.4, -0.2) is 33.3 Å². The maximum atomic E-state index is 12.5. The van der Waals surface area contributed by atoms with Gasteiger partial charge in [0.05, 0.1) is 30.7 Å². The molecule has 3 aromatic rings. The summed E-state index contributed by atoms with van der Waals surface area (Å²) in [5, 5.41) is 11.8. The van der Waals surface area contributed by atoms with Gasteiger partial charge in [-0.1, -0.05) is 48.5 Å². The molecule has 2 N–H and O–H groups in total. The molecule has 148 valence electrons. The molecule has 1 amide bonds. The third-order valence-electron chi connectivity index (χ3n) is 5.23. The largest absolute Gasteiger partial charge is 0.481 e. The minimum atomic E-state index is -1.02. The average molecular weight is 391 g/mol. The van der Waals surface area contributed by atoms with E-state index < -0.39 is 18.1 Å². The zero-order chi connectivity index (χ0) is 20.4. The normalized spacial score (nSPS) is 13.4. The number of carboxylic acid groups (broad SMARTS) is 1. The molecule has 1 aromatic heterocycles. The lowest BCUT2D eigenvalue weighted by Gasteiger charge is -2.19. The first-order valence-electron chi connectivity index (χ1n) is 9.34. The number of alkyl carbamates (subject to hydrolysis) is 1. The number of aromatic nitrogens is 2. The number of hydrogen-bond donors (Lipinski definition) is 2. The molecule has 2 aromatic carbocycles. The molecule has 0 bridgehead atoms. The van der Waals surface area contributed by atoms with Gasteiger partial charge < -0.3 is 19.7 Å². The van der Waals surface area contributed by atoms with E-state index in [1.807, 2.05) is 36.4 Å². The first-order chi connectivity index (χ1) is 14.0. The topological polar surface area (TPSA) is 93.5 Å². The number of aryl methyl sites for hydroxylation is 1. The van der Waals surface area contributed by atoms with Crippen LogP contribution < -0.4 is 5.32 Å². The highest BCUT2D eigenvalue weighted by Gasteiger charge is 2.29. The molecule has 0 radical (unpaired) electrons. The molecule has 0 saturated carbocycles. The van der Waals surface area contributed by atoms with Gasteiger partial charge in [-0.15, -0.1) is 0 Å². The number of aliphatic carboxylic acids is 1. The molecule has 0 aliphatic heterocycles. The fourth-order valence-electron chi connectivity index (χ4n) is 3.89. The SMILES string of the molecule is Cn1cncc1C(CC(=O)O)NC(=O)OCC1c2ccccc2-c2ccccc21. The summed E-state index contributed by atoms with van der Waals surface area (Å²) in [6, 6.07) is 15.4. The Morgan fingerprint density at radius 3 is 2.31 bits per heavy atom. The predicted octanol–water partition coefficient (Wildman–Crippen LogP) is 3.47. The van der Waals surface area contributed by atoms with E-state index >= 15 is 0 Å². The summed E-state index contributed by atoms with van der Waals surface area (Å²) in [6.07, 6.45) is 2.18. The number of carbonyl (C=O) groups is 2. The Bertz CT molecular complexity index is 1010. The molecule has 1 unspecified atom stereocenters. The van der Waals surface area contributed by atoms with Crippen LogP contribution in [0.5, 0.6) is 0 Å². The number of amides is 1. The zero-order valence-electron chi connectivity index (χ0n) is 15.9. The number of nitrogens with one attached hydrogen (secondary N) is 1. The molecule has 4 rings (SSSR count). The van der Waals surface area contributed by atoms with Crippen molar-refractivity contribution in [3.63, 3.8) is 0 Å². The molecular formula is C22H21N3O4. The van der Waals surface area contributed by atoms with E-state index in [1.54, 1.807) is 17.9 Å². The van der Waals surface area contributed by atoms with Crippen LogP contribution in [0.15, 0.2) is 61.1 Å². The summed E-state index contributed by atoms with van der Waals surface area (Å²) < 4.78 is 7.19. The van der Waals surface area contributed by atoms with E-state index in [-0.39, 0.29) is 18.9 Å². The minimum Gasteiger partial charge on any atom is -0.481 e. The number of benzene rings is 2. The van der Waals surface area contributed by atoms with Crippen molar-refractivity contribution in [1.82, 2.24) is 14.9 Å². The van der Waals surface area contributed by atoms with E-state index in [0.717, 1.165) is 22.3 Å². The second-order valence-corrected chi connectivity index (χ2v) is 7.05. The van der Waals surface area contributed by atoms with Crippen molar-refractivity contribution in [1.29, 1.82) is 0 Å². The van der Waals surface area contributed by atoms with Crippen molar-refractivity contribution in [3.8, 4) is 11.1 Å². The predicted molar refractivity (Wildman–Crippen MR) is 106 cm³/mol. The van der Waals surface area contributed by atoms with Gasteiger partial charge in [-0.2, -0.15) is 0 Å². The van der Waals surface area contributed by atoms with E-state index in [0.29, 0.717) is 5.69 Å². The number of ether oxygens (including phenoxy) is 1. The third kappa shape index (κ3) is 3.71. The van der Waals surface area contributed by atoms with Gasteiger partial charge in [0.15, 0.2) is 0 Å². The highest BCUT2D eigenvalue weighted by Crippen LogP contribution is 2.44. The first kappa shape index (κ1) is 18.7. The van der Waals surface area contributed by atoms with E-state index in [2.05, 4.69) is 22.4 Å². The molecule has 1 heterocycles. The van der Waals surface area contributed by atoms with Crippen LogP contribution in [0.25, 0.3) is 11.1 Å². The zero-order valence-corrected chi connectivity index (χ0v) is 15.9. The lowest BCUT2D eigenvalue weighted by molar-refractivity contribution is -0.137. The summed E-state index contributed by atoms with van der Waals surface area (Å²) >= 11 is 0. The number of fused-ring (bicyclic) bond motifs is 3. The Morgan fingerprint density at radius 1 is 1.14 bits per heavy atom. The Labute approximate surface area is 168 Å². The first-order valence-corrected chi connectivity index (χ1v) is 9.34. The molecule has 7 nitrogen and oxygen atoms in total. The lowest BCUT2D eigenvalue weighted by Crippen LogP contribution is -2.32. The quantitative estimate of drug-likeness (QED) is 0.671. The summed E-state index contributed by atoms with van der Waals surface area (Å²) in [5.74, 6) is -1.07. The van der Waals surface area contributed by atoms with E-state index in [9.17, 15) is 14.7 Å². The average Bonchev–Trinajstić information content (AvgIpc) is 3.27. The van der Waals surface area contributed by atoms with Gasteiger partial charge in [0, 0.05) is 13.0 Å². The van der Waals surface area contributed by atoms with Crippen LogP contribution in [0.2, 0.25) is 0 Å². The lowest BCUT2D eigenvalue weighted by atomic mass is 9.98. The summed E-state index contributed by atoms with van der Waals surface area (Å²) in [6.45, 7) is 0.172. The summed E-state index contributed by atoms with van der Waals surface area (Å²) in [4.78, 5) is 27.7. The van der Waals surface area contributed by atoms with Gasteiger partial charge in [-0.25, -0.2) is 9.78 Å². The van der Waals surface area contributed by atoms with E-state index in [1.165, 1.54) is 6.20 Å². The second kappa shape index (κ2) is 7.79. The Hall–Kier alpha value is -3.61. The van der Waals surface area contributed by atoms with Gasteiger partial charge in [-0.05, 0) is 22.3 Å². The molecule has 7 heteroatoms. The standard InChI is InChI=1S/C22H21N3O4/c1-25-13-23-11-20(25)19(10-21(26)27)24-22(28)29-12-18-16-8-4-2-6-14(16)15-7-3-5-9-17(15)18/h2-9,11,13,18-19H,10,12H2,1H3,(H,24,28)(H,26,27). The molecule has 1 aliphatic rings. The number of hydrogen-bond acceptors (Lipinski definition) is 4. The van der Waals surface area contributed by atoms with Crippen molar-refractivity contribution in [2.75, 3.05) is 6.61 Å². The molecular weight excluding hydrogens is 370 g/mol. The van der Waals surface area contributed by atoms with Crippen molar-refractivity contribution >= 4 is 12.1 Å². The summed E-state index contributed by atoms with van der Waals surface area (Å²) in [7, 11) is 1.75. The summed E-state index contributed by atoms with van der Waals surface area (Å²) in [5.41, 5.74) is 5.14. The fraction of sp³-hybridized carbons (Fsp3) is 0.227. The van der Waals surface area contributed by atoms with Crippen molar-refractivity contribution < 1.29 is 19.4 Å². The van der Waals surface area contributed by atoms with Gasteiger partial charge in [0.1, 0.15) is 6.61 Å². The van der Waals surface area contributed by atoms with Crippen LogP contribution in [0.3, 0.4) is 0 Å². The highest BCUT2D eigenvalue weighted by atomic mass is 16.5. The smallest absolute Gasteiger partial charge is 0.407 e. The minimum absolute atomic E-state index is 0.0530. The van der Waals surface area contributed by atoms with E-state index in [4.69, 9.17) is 4.74 Å². The van der Waals surface area contributed by atoms with Crippen molar-refractivity contribution in [3.05, 3.63) is 77.9 Å². The van der Waals surface area contributed by atoms with Crippen LogP contribution in [-0.2, 0) is 16.6 Å². The van der Waals surface area contributed by atoms with Gasteiger partial charge in [0.25, 0.3) is 0 Å². The van der Waals surface area contributed by atoms with Crippen molar-refractivity contribution in [2.24, 2.45) is 7.05 Å². The number of rotatable bonds is 6. The Kier molecular flexibility index (Phi) is 5.03. The van der Waals surface area contributed by atoms with Gasteiger partial charge in [-0.3, -0.25) is 4.79 Å². The Morgan fingerprint density at radius 2 is 1.76 bits per heavy atom. The maximum absolute atomic E-state index is 12.5. The molecule has 0 fully saturated rings. The number of imidazole rings is 1. The van der Waals surface area contributed by atoms with Gasteiger partial charge >= 0.3 is 12.1 Å². The molecule has 0 saturated heterocycles. The van der Waals surface area contributed by atoms with Crippen LogP contribution >= 0.6 is 0 Å².